The summed E-state index contributed by atoms with van der Waals surface area (Å²) in [5.74, 6) is -0.296. The third kappa shape index (κ3) is 2.32. The summed E-state index contributed by atoms with van der Waals surface area (Å²) >= 11 is 6.12. The zero-order valence-corrected chi connectivity index (χ0v) is 12.2. The Morgan fingerprint density at radius 3 is 2.68 bits per heavy atom. The summed E-state index contributed by atoms with van der Waals surface area (Å²) in [5, 5.41) is 11.4. The summed E-state index contributed by atoms with van der Waals surface area (Å²) in [6.45, 7) is 0.275. The number of amides is 1. The number of non-ortho nitro benzene ring substituents is 1. The minimum Gasteiger partial charge on any atom is -0.316 e. The molecule has 7 heteroatoms. The summed E-state index contributed by atoms with van der Waals surface area (Å²) in [6, 6.07) is 10.6. The maximum absolute atomic E-state index is 12.3. The molecule has 3 rings (SSSR count). The third-order valence-corrected chi connectivity index (χ3v) is 4.03. The number of nitrogens with zero attached hydrogens (tertiary/aromatic N) is 2. The van der Waals surface area contributed by atoms with Crippen LogP contribution in [0, 0.1) is 10.1 Å². The van der Waals surface area contributed by atoms with Crippen LogP contribution in [0.4, 0.5) is 11.4 Å². The normalized spacial score (nSPS) is 16.7. The third-order valence-electron chi connectivity index (χ3n) is 3.67. The first-order chi connectivity index (χ1) is 10.5. The van der Waals surface area contributed by atoms with E-state index < -0.39 is 11.0 Å². The van der Waals surface area contributed by atoms with Crippen LogP contribution in [0.3, 0.4) is 0 Å². The minimum atomic E-state index is -0.891. The van der Waals surface area contributed by atoms with Crippen LogP contribution < -0.4 is 10.6 Å². The second kappa shape index (κ2) is 5.40. The Labute approximate surface area is 131 Å². The van der Waals surface area contributed by atoms with Crippen molar-refractivity contribution in [2.45, 2.75) is 12.6 Å². The SMILES string of the molecule is NC1C(=O)N(Cc2ccccc2Cl)c2ccc([N+](=O)[O-])cc21. The number of carbonyl (C=O) groups excluding carboxylic acids is 1. The van der Waals surface area contributed by atoms with Gasteiger partial charge in [0.15, 0.2) is 0 Å². The molecule has 0 saturated heterocycles. The number of hydrogen-bond acceptors (Lipinski definition) is 4. The minimum absolute atomic E-state index is 0.0819. The predicted octanol–water partition coefficient (Wildman–Crippen LogP) is 2.79. The van der Waals surface area contributed by atoms with Gasteiger partial charge in [0.2, 0.25) is 5.91 Å². The van der Waals surface area contributed by atoms with Crippen LogP contribution >= 0.6 is 11.6 Å². The molecule has 112 valence electrons. The van der Waals surface area contributed by atoms with E-state index >= 15 is 0 Å². The molecule has 0 radical (unpaired) electrons. The van der Waals surface area contributed by atoms with Gasteiger partial charge in [0.05, 0.1) is 11.5 Å². The first kappa shape index (κ1) is 14.5. The van der Waals surface area contributed by atoms with Crippen LogP contribution in [-0.2, 0) is 11.3 Å². The summed E-state index contributed by atoms with van der Waals surface area (Å²) in [4.78, 5) is 24.2. The molecule has 1 unspecified atom stereocenters. The Morgan fingerprint density at radius 1 is 1.27 bits per heavy atom. The lowest BCUT2D eigenvalue weighted by Gasteiger charge is -2.18. The standard InChI is InChI=1S/C15H12ClN3O3/c16-12-4-2-1-3-9(12)8-18-13-6-5-10(19(21)22)7-11(13)14(17)15(18)20/h1-7,14H,8,17H2. The highest BCUT2D eigenvalue weighted by molar-refractivity contribution is 6.31. The molecule has 0 spiro atoms. The highest BCUT2D eigenvalue weighted by atomic mass is 35.5. The van der Waals surface area contributed by atoms with Gasteiger partial charge in [-0.3, -0.25) is 14.9 Å². The van der Waals surface area contributed by atoms with Crippen molar-refractivity contribution in [3.63, 3.8) is 0 Å². The summed E-state index contributed by atoms with van der Waals surface area (Å²) in [5.41, 5.74) is 7.65. The first-order valence-corrected chi connectivity index (χ1v) is 6.95. The van der Waals surface area contributed by atoms with E-state index in [1.165, 1.54) is 17.0 Å². The molecule has 1 heterocycles. The highest BCUT2D eigenvalue weighted by Gasteiger charge is 2.36. The number of anilines is 1. The van der Waals surface area contributed by atoms with Gasteiger partial charge in [-0.05, 0) is 17.7 Å². The van der Waals surface area contributed by atoms with Crippen molar-refractivity contribution in [1.29, 1.82) is 0 Å². The lowest BCUT2D eigenvalue weighted by Crippen LogP contribution is -2.31. The van der Waals surface area contributed by atoms with Gasteiger partial charge >= 0.3 is 0 Å². The molecule has 1 atom stereocenters. The van der Waals surface area contributed by atoms with Gasteiger partial charge in [0.25, 0.3) is 5.69 Å². The molecule has 6 nitrogen and oxygen atoms in total. The van der Waals surface area contributed by atoms with Gasteiger partial charge in [0.1, 0.15) is 6.04 Å². The maximum atomic E-state index is 12.3. The van der Waals surface area contributed by atoms with Gasteiger partial charge in [-0.15, -0.1) is 0 Å². The number of halogens is 1. The van der Waals surface area contributed by atoms with Crippen LogP contribution in [0.2, 0.25) is 5.02 Å². The molecule has 1 aliphatic rings. The molecular weight excluding hydrogens is 306 g/mol. The molecule has 0 fully saturated rings. The van der Waals surface area contributed by atoms with Gasteiger partial charge < -0.3 is 10.6 Å². The lowest BCUT2D eigenvalue weighted by molar-refractivity contribution is -0.384. The Hall–Kier alpha value is -2.44. The second-order valence-electron chi connectivity index (χ2n) is 4.99. The molecule has 1 amide bonds. The van der Waals surface area contributed by atoms with E-state index in [1.54, 1.807) is 18.2 Å². The van der Waals surface area contributed by atoms with E-state index in [4.69, 9.17) is 17.3 Å². The maximum Gasteiger partial charge on any atom is 0.269 e. The number of nitro groups is 1. The van der Waals surface area contributed by atoms with Crippen molar-refractivity contribution in [3.05, 3.63) is 68.7 Å². The average molecular weight is 318 g/mol. The smallest absolute Gasteiger partial charge is 0.269 e. The van der Waals surface area contributed by atoms with Crippen molar-refractivity contribution in [2.75, 3.05) is 4.90 Å². The van der Waals surface area contributed by atoms with E-state index in [2.05, 4.69) is 0 Å². The van der Waals surface area contributed by atoms with Gasteiger partial charge in [0, 0.05) is 28.4 Å². The number of benzene rings is 2. The topological polar surface area (TPSA) is 89.5 Å². The first-order valence-electron chi connectivity index (χ1n) is 6.57. The number of carbonyl (C=O) groups is 1. The number of hydrogen-bond donors (Lipinski definition) is 1. The van der Waals surface area contributed by atoms with Crippen LogP contribution in [-0.4, -0.2) is 10.8 Å². The highest BCUT2D eigenvalue weighted by Crippen LogP contribution is 2.38. The van der Waals surface area contributed by atoms with Gasteiger partial charge in [-0.2, -0.15) is 0 Å². The van der Waals surface area contributed by atoms with Gasteiger partial charge in [-0.1, -0.05) is 29.8 Å². The van der Waals surface area contributed by atoms with Crippen molar-refractivity contribution >= 4 is 28.9 Å². The van der Waals surface area contributed by atoms with Crippen LogP contribution in [0.5, 0.6) is 0 Å². The predicted molar refractivity (Wildman–Crippen MR) is 82.7 cm³/mol. The van der Waals surface area contributed by atoms with E-state index in [0.717, 1.165) is 5.56 Å². The lowest BCUT2D eigenvalue weighted by atomic mass is 10.1. The number of nitro benzene ring substituents is 1. The quantitative estimate of drug-likeness (QED) is 0.696. The van der Waals surface area contributed by atoms with E-state index in [-0.39, 0.29) is 18.1 Å². The Kier molecular flexibility index (Phi) is 3.56. The second-order valence-corrected chi connectivity index (χ2v) is 5.40. The van der Waals surface area contributed by atoms with E-state index in [1.807, 2.05) is 12.1 Å². The molecule has 22 heavy (non-hydrogen) atoms. The fourth-order valence-electron chi connectivity index (χ4n) is 2.53. The fraction of sp³-hybridized carbons (Fsp3) is 0.133. The molecule has 0 bridgehead atoms. The molecule has 2 aromatic rings. The Balaban J connectivity index is 2.00. The van der Waals surface area contributed by atoms with Crippen molar-refractivity contribution in [2.24, 2.45) is 5.73 Å². The van der Waals surface area contributed by atoms with Crippen molar-refractivity contribution in [3.8, 4) is 0 Å². The van der Waals surface area contributed by atoms with E-state index in [0.29, 0.717) is 16.3 Å². The molecule has 0 saturated carbocycles. The monoisotopic (exact) mass is 317 g/mol. The number of rotatable bonds is 3. The molecule has 2 N–H and O–H groups in total. The Bertz CT molecular complexity index is 778. The summed E-state index contributed by atoms with van der Waals surface area (Å²) < 4.78 is 0. The average Bonchev–Trinajstić information content (AvgIpc) is 2.74. The zero-order valence-electron chi connectivity index (χ0n) is 11.4. The summed E-state index contributed by atoms with van der Waals surface area (Å²) in [6.07, 6.45) is 0. The largest absolute Gasteiger partial charge is 0.316 e. The van der Waals surface area contributed by atoms with Gasteiger partial charge in [-0.25, -0.2) is 0 Å². The van der Waals surface area contributed by atoms with E-state index in [9.17, 15) is 14.9 Å². The van der Waals surface area contributed by atoms with Crippen LogP contribution in [0.25, 0.3) is 0 Å². The van der Waals surface area contributed by atoms with Crippen molar-refractivity contribution < 1.29 is 9.72 Å². The van der Waals surface area contributed by atoms with Crippen LogP contribution in [0.1, 0.15) is 17.2 Å². The molecule has 1 aliphatic heterocycles. The molecule has 2 aromatic carbocycles. The summed E-state index contributed by atoms with van der Waals surface area (Å²) in [7, 11) is 0. The molecular formula is C15H12ClN3O3. The fourth-order valence-corrected chi connectivity index (χ4v) is 2.73. The number of nitrogens with two attached hydrogens (primary N) is 1. The van der Waals surface area contributed by atoms with Crippen molar-refractivity contribution in [1.82, 2.24) is 0 Å². The number of fused-ring (bicyclic) bond motifs is 1. The Morgan fingerprint density at radius 2 is 2.00 bits per heavy atom. The molecule has 0 aliphatic carbocycles. The molecule has 0 aromatic heterocycles. The zero-order chi connectivity index (χ0) is 15.9. The van der Waals surface area contributed by atoms with Crippen LogP contribution in [0.15, 0.2) is 42.5 Å².